The van der Waals surface area contributed by atoms with Crippen LogP contribution in [0.2, 0.25) is 0 Å². The average molecular weight is 659 g/mol. The molecule has 4 unspecified atom stereocenters. The summed E-state index contributed by atoms with van der Waals surface area (Å²) in [5, 5.41) is -2.09. The van der Waals surface area contributed by atoms with E-state index >= 15 is 4.39 Å². The van der Waals surface area contributed by atoms with Crippen molar-refractivity contribution in [2.45, 2.75) is 78.6 Å². The van der Waals surface area contributed by atoms with Crippen LogP contribution >= 0.6 is 0 Å². The molecule has 6 rings (SSSR count). The molecular weight excluding hydrogens is 620 g/mol. The lowest BCUT2D eigenvalue weighted by Gasteiger charge is -2.48. The van der Waals surface area contributed by atoms with Crippen LogP contribution in [0.5, 0.6) is 0 Å². The van der Waals surface area contributed by atoms with Gasteiger partial charge >= 0.3 is 0 Å². The molecule has 46 heavy (non-hydrogen) atoms. The van der Waals surface area contributed by atoms with E-state index in [4.69, 9.17) is 0 Å². The van der Waals surface area contributed by atoms with Crippen molar-refractivity contribution in [3.63, 3.8) is 0 Å². The van der Waals surface area contributed by atoms with Crippen LogP contribution in [0, 0.1) is 31.5 Å². The van der Waals surface area contributed by atoms with E-state index in [9.17, 15) is 21.6 Å². The van der Waals surface area contributed by atoms with Crippen LogP contribution in [0.25, 0.3) is 0 Å². The zero-order valence-corrected chi connectivity index (χ0v) is 27.9. The van der Waals surface area contributed by atoms with Crippen molar-refractivity contribution in [2.75, 3.05) is 0 Å². The van der Waals surface area contributed by atoms with E-state index in [2.05, 4.69) is 0 Å². The first-order chi connectivity index (χ1) is 21.9. The van der Waals surface area contributed by atoms with Gasteiger partial charge in [-0.15, -0.1) is 0 Å². The summed E-state index contributed by atoms with van der Waals surface area (Å²) in [6, 6.07) is 27.2. The summed E-state index contributed by atoms with van der Waals surface area (Å²) >= 11 is 0. The Kier molecular flexibility index (Phi) is 8.81. The Hall–Kier alpha value is -3.62. The molecule has 0 saturated heterocycles. The van der Waals surface area contributed by atoms with E-state index in [1.807, 2.05) is 45.0 Å². The minimum Gasteiger partial charge on any atom is -0.299 e. The summed E-state index contributed by atoms with van der Waals surface area (Å²) in [5.74, 6) is -3.67. The highest BCUT2D eigenvalue weighted by Crippen LogP contribution is 2.54. The molecule has 2 saturated carbocycles. The summed E-state index contributed by atoms with van der Waals surface area (Å²) in [5.41, 5.74) is 3.92. The number of hydrogen-bond donors (Lipinski definition) is 0. The fourth-order valence-corrected chi connectivity index (χ4v) is 12.0. The van der Waals surface area contributed by atoms with Crippen molar-refractivity contribution in [1.82, 2.24) is 0 Å². The molecule has 2 aliphatic rings. The number of ketones is 1. The molecule has 4 aromatic rings. The Bertz CT molecular complexity index is 1950. The van der Waals surface area contributed by atoms with Crippen LogP contribution in [0.4, 0.5) is 4.39 Å². The third-order valence-corrected chi connectivity index (χ3v) is 14.8. The third kappa shape index (κ3) is 5.86. The molecule has 0 aliphatic heterocycles. The second kappa shape index (κ2) is 12.5. The number of halogens is 1. The highest BCUT2D eigenvalue weighted by atomic mass is 32.2. The van der Waals surface area contributed by atoms with E-state index < -0.39 is 59.7 Å². The van der Waals surface area contributed by atoms with E-state index in [1.165, 1.54) is 6.07 Å². The van der Waals surface area contributed by atoms with E-state index in [1.54, 1.807) is 66.7 Å². The second-order valence-electron chi connectivity index (χ2n) is 13.0. The van der Waals surface area contributed by atoms with Gasteiger partial charge in [-0.05, 0) is 86.1 Å². The lowest BCUT2D eigenvalue weighted by Crippen LogP contribution is -2.53. The number of carbonyl (C=O) groups is 1. The molecule has 8 heteroatoms. The standard InChI is InChI=1S/C38H39FO5S2/c1-4-26-13-15-27(16-14-26)31-22-36(40)32-23-37(45(41,42)28-17-9-24(2)10-18-28)33(30-7-5-6-8-35(30)39)21-34(32)38(31)46(43,44)29-19-11-25(3)12-20-29/h5-20,31-34,37-38H,4,21-23H2,1-3H3/t31?,32-,33?,34+,37?,38?/m1/s1. The summed E-state index contributed by atoms with van der Waals surface area (Å²) in [6.45, 7) is 5.80. The van der Waals surface area contributed by atoms with Gasteiger partial charge in [-0.1, -0.05) is 84.8 Å². The minimum absolute atomic E-state index is 0.00986. The molecule has 0 heterocycles. The molecule has 0 radical (unpaired) electrons. The van der Waals surface area contributed by atoms with Crippen molar-refractivity contribution >= 4 is 25.5 Å². The van der Waals surface area contributed by atoms with Crippen molar-refractivity contribution < 1.29 is 26.0 Å². The number of rotatable bonds is 7. The SMILES string of the molecule is CCc1ccc(C2CC(=O)[C@@H]3CC(S(=O)(=O)c4ccc(C)cc4)C(c4ccccc4F)C[C@@H]3C2S(=O)(=O)c2ccc(C)cc2)cc1. The molecule has 0 bridgehead atoms. The van der Waals surface area contributed by atoms with Gasteiger partial charge in [0.05, 0.1) is 20.3 Å². The topological polar surface area (TPSA) is 85.3 Å². The maximum absolute atomic E-state index is 15.6. The molecule has 4 aromatic carbocycles. The molecule has 0 aromatic heterocycles. The van der Waals surface area contributed by atoms with E-state index in [0.717, 1.165) is 28.7 Å². The molecular formula is C38H39FO5S2. The van der Waals surface area contributed by atoms with Gasteiger partial charge in [0, 0.05) is 24.2 Å². The fraction of sp³-hybridized carbons (Fsp3) is 0.342. The second-order valence-corrected chi connectivity index (χ2v) is 17.2. The number of sulfone groups is 2. The molecule has 2 aliphatic carbocycles. The van der Waals surface area contributed by atoms with Crippen molar-refractivity contribution in [1.29, 1.82) is 0 Å². The smallest absolute Gasteiger partial charge is 0.182 e. The first kappa shape index (κ1) is 32.3. The van der Waals surface area contributed by atoms with Gasteiger partial charge in [0.15, 0.2) is 19.7 Å². The highest BCUT2D eigenvalue weighted by molar-refractivity contribution is 7.92. The van der Waals surface area contributed by atoms with Crippen LogP contribution in [0.15, 0.2) is 107 Å². The Balaban J connectivity index is 1.51. The van der Waals surface area contributed by atoms with Gasteiger partial charge in [-0.25, -0.2) is 21.2 Å². The lowest BCUT2D eigenvalue weighted by molar-refractivity contribution is -0.128. The monoisotopic (exact) mass is 658 g/mol. The van der Waals surface area contributed by atoms with Crippen molar-refractivity contribution in [3.05, 3.63) is 131 Å². The molecule has 0 N–H and O–H groups in total. The van der Waals surface area contributed by atoms with Crippen LogP contribution in [-0.2, 0) is 30.9 Å². The number of fused-ring (bicyclic) bond motifs is 1. The number of hydrogen-bond acceptors (Lipinski definition) is 5. The number of benzene rings is 4. The predicted molar refractivity (Wildman–Crippen MR) is 178 cm³/mol. The molecule has 0 spiro atoms. The minimum atomic E-state index is -4.02. The summed E-state index contributed by atoms with van der Waals surface area (Å²) < 4.78 is 73.6. The normalized spacial score (nSPS) is 25.2. The van der Waals surface area contributed by atoms with Crippen molar-refractivity contribution in [3.8, 4) is 0 Å². The molecule has 240 valence electrons. The fourth-order valence-electron chi connectivity index (χ4n) is 7.70. The maximum Gasteiger partial charge on any atom is 0.182 e. The Morgan fingerprint density at radius 3 is 1.80 bits per heavy atom. The summed E-state index contributed by atoms with van der Waals surface area (Å²) in [7, 11) is -8.03. The quantitative estimate of drug-likeness (QED) is 0.205. The van der Waals surface area contributed by atoms with Gasteiger partial charge in [0.25, 0.3) is 0 Å². The summed E-state index contributed by atoms with van der Waals surface area (Å²) in [6.07, 6.45) is 0.789. The molecule has 2 fully saturated rings. The zero-order chi connectivity index (χ0) is 32.8. The Labute approximate surface area is 271 Å². The van der Waals surface area contributed by atoms with Gasteiger partial charge < -0.3 is 0 Å². The number of carbonyl (C=O) groups excluding carboxylic acids is 1. The Morgan fingerprint density at radius 2 is 1.24 bits per heavy atom. The molecule has 6 atom stereocenters. The van der Waals surface area contributed by atoms with E-state index in [0.29, 0.717) is 0 Å². The maximum atomic E-state index is 15.6. The third-order valence-electron chi connectivity index (χ3n) is 10.2. The summed E-state index contributed by atoms with van der Waals surface area (Å²) in [4.78, 5) is 14.4. The molecule has 5 nitrogen and oxygen atoms in total. The first-order valence-electron chi connectivity index (χ1n) is 15.9. The Morgan fingerprint density at radius 1 is 0.674 bits per heavy atom. The van der Waals surface area contributed by atoms with Crippen LogP contribution < -0.4 is 0 Å². The lowest BCUT2D eigenvalue weighted by atomic mass is 9.61. The van der Waals surface area contributed by atoms with Gasteiger partial charge in [-0.3, -0.25) is 4.79 Å². The first-order valence-corrected chi connectivity index (χ1v) is 19.0. The van der Waals surface area contributed by atoms with Gasteiger partial charge in [-0.2, -0.15) is 0 Å². The van der Waals surface area contributed by atoms with Crippen LogP contribution in [0.1, 0.15) is 65.8 Å². The predicted octanol–water partition coefficient (Wildman–Crippen LogP) is 7.56. The van der Waals surface area contributed by atoms with Crippen LogP contribution in [-0.4, -0.2) is 33.1 Å². The molecule has 0 amide bonds. The van der Waals surface area contributed by atoms with Crippen LogP contribution in [0.3, 0.4) is 0 Å². The number of aryl methyl sites for hydroxylation is 3. The zero-order valence-electron chi connectivity index (χ0n) is 26.3. The number of Topliss-reactive ketones (excluding diaryl/α,β-unsaturated/α-hetero) is 1. The average Bonchev–Trinajstić information content (AvgIpc) is 3.04. The highest BCUT2D eigenvalue weighted by Gasteiger charge is 2.56. The van der Waals surface area contributed by atoms with Gasteiger partial charge in [0.1, 0.15) is 11.6 Å². The van der Waals surface area contributed by atoms with E-state index in [-0.39, 0.29) is 40.4 Å². The van der Waals surface area contributed by atoms with Crippen molar-refractivity contribution in [2.24, 2.45) is 11.8 Å². The largest absolute Gasteiger partial charge is 0.299 e. The van der Waals surface area contributed by atoms with Gasteiger partial charge in [0.2, 0.25) is 0 Å².